The summed E-state index contributed by atoms with van der Waals surface area (Å²) in [7, 11) is 1.32. The molecule has 2 aromatic heterocycles. The smallest absolute Gasteiger partial charge is 0.407 e. The predicted molar refractivity (Wildman–Crippen MR) is 106 cm³/mol. The molecule has 3 heterocycles. The van der Waals surface area contributed by atoms with Crippen molar-refractivity contribution in [1.29, 1.82) is 0 Å². The van der Waals surface area contributed by atoms with Crippen LogP contribution in [0.2, 0.25) is 0 Å². The first kappa shape index (κ1) is 20.2. The van der Waals surface area contributed by atoms with Crippen LogP contribution in [-0.4, -0.2) is 46.3 Å². The van der Waals surface area contributed by atoms with Gasteiger partial charge in [-0.15, -0.1) is 0 Å². The molecule has 1 aliphatic carbocycles. The molecule has 1 fully saturated rings. The van der Waals surface area contributed by atoms with Gasteiger partial charge in [0.2, 0.25) is 0 Å². The lowest BCUT2D eigenvalue weighted by atomic mass is 9.91. The zero-order chi connectivity index (χ0) is 21.3. The number of methoxy groups -OCH3 is 1. The van der Waals surface area contributed by atoms with Crippen LogP contribution in [0.25, 0.3) is 0 Å². The lowest BCUT2D eigenvalue weighted by Crippen LogP contribution is -2.42. The Morgan fingerprint density at radius 3 is 2.83 bits per heavy atom. The number of hydrogen-bond acceptors (Lipinski definition) is 7. The van der Waals surface area contributed by atoms with Crippen molar-refractivity contribution in [2.45, 2.75) is 56.7 Å². The van der Waals surface area contributed by atoms with Crippen molar-refractivity contribution in [2.24, 2.45) is 0 Å². The third-order valence-electron chi connectivity index (χ3n) is 5.65. The van der Waals surface area contributed by atoms with Crippen LogP contribution >= 0.6 is 0 Å². The van der Waals surface area contributed by atoms with Crippen LogP contribution in [0.5, 0.6) is 0 Å². The van der Waals surface area contributed by atoms with Gasteiger partial charge in [0.25, 0.3) is 0 Å². The number of nitrogens with zero attached hydrogens (tertiary/aromatic N) is 3. The SMILES string of the molecule is COC(=O)N[C@H]1CCC[C@@H](Nc2nc(C3c4cc(F)cnc4NC3C)ncc2F)C1. The second-order valence-corrected chi connectivity index (χ2v) is 7.77. The van der Waals surface area contributed by atoms with E-state index in [2.05, 4.69) is 35.6 Å². The fraction of sp³-hybridized carbons (Fsp3) is 0.500. The molecule has 0 bridgehead atoms. The molecule has 0 spiro atoms. The molecule has 0 radical (unpaired) electrons. The van der Waals surface area contributed by atoms with E-state index in [1.54, 1.807) is 0 Å². The van der Waals surface area contributed by atoms with E-state index in [4.69, 9.17) is 0 Å². The molecule has 1 amide bonds. The number of fused-ring (bicyclic) bond motifs is 1. The summed E-state index contributed by atoms with van der Waals surface area (Å²) in [6.45, 7) is 1.92. The number of rotatable bonds is 4. The van der Waals surface area contributed by atoms with Crippen molar-refractivity contribution in [1.82, 2.24) is 20.3 Å². The van der Waals surface area contributed by atoms with E-state index >= 15 is 0 Å². The van der Waals surface area contributed by atoms with Crippen LogP contribution in [-0.2, 0) is 4.74 Å². The van der Waals surface area contributed by atoms with Gasteiger partial charge < -0.3 is 20.7 Å². The minimum atomic E-state index is -0.557. The number of carbonyl (C=O) groups excluding carboxylic acids is 1. The van der Waals surface area contributed by atoms with Crippen molar-refractivity contribution in [2.75, 3.05) is 17.7 Å². The fourth-order valence-electron chi connectivity index (χ4n) is 4.25. The molecule has 1 saturated carbocycles. The summed E-state index contributed by atoms with van der Waals surface area (Å²) in [4.78, 5) is 24.2. The van der Waals surface area contributed by atoms with Gasteiger partial charge in [-0.25, -0.2) is 28.5 Å². The highest BCUT2D eigenvalue weighted by atomic mass is 19.1. The number of nitrogens with one attached hydrogen (secondary N) is 3. The zero-order valence-corrected chi connectivity index (χ0v) is 16.8. The number of aromatic nitrogens is 3. The van der Waals surface area contributed by atoms with Gasteiger partial charge in [-0.05, 0) is 38.7 Å². The van der Waals surface area contributed by atoms with E-state index in [-0.39, 0.29) is 29.9 Å². The second kappa shape index (κ2) is 8.37. The third-order valence-corrected chi connectivity index (χ3v) is 5.65. The first-order valence-electron chi connectivity index (χ1n) is 10.00. The van der Waals surface area contributed by atoms with Crippen molar-refractivity contribution in [3.05, 3.63) is 41.5 Å². The first-order chi connectivity index (χ1) is 14.4. The molecule has 0 saturated heterocycles. The Balaban J connectivity index is 1.53. The Kier molecular flexibility index (Phi) is 5.65. The molecule has 1 aliphatic heterocycles. The summed E-state index contributed by atoms with van der Waals surface area (Å²) >= 11 is 0. The molecule has 0 aromatic carbocycles. The van der Waals surface area contributed by atoms with Crippen molar-refractivity contribution < 1.29 is 18.3 Å². The number of pyridine rings is 1. The average Bonchev–Trinajstić information content (AvgIpc) is 3.05. The highest BCUT2D eigenvalue weighted by Gasteiger charge is 2.34. The number of hydrogen-bond donors (Lipinski definition) is 3. The third kappa shape index (κ3) is 4.12. The van der Waals surface area contributed by atoms with E-state index in [1.807, 2.05) is 6.92 Å². The van der Waals surface area contributed by atoms with Crippen molar-refractivity contribution in [3.8, 4) is 0 Å². The van der Waals surface area contributed by atoms with E-state index < -0.39 is 17.7 Å². The molecule has 4 atom stereocenters. The maximum atomic E-state index is 14.5. The lowest BCUT2D eigenvalue weighted by Gasteiger charge is -2.30. The summed E-state index contributed by atoms with van der Waals surface area (Å²) < 4.78 is 32.9. The molecule has 10 heteroatoms. The molecule has 8 nitrogen and oxygen atoms in total. The summed E-state index contributed by atoms with van der Waals surface area (Å²) in [5.41, 5.74) is 0.653. The molecule has 30 heavy (non-hydrogen) atoms. The highest BCUT2D eigenvalue weighted by Crippen LogP contribution is 2.38. The molecule has 2 aliphatic rings. The van der Waals surface area contributed by atoms with Gasteiger partial charge in [0.05, 0.1) is 25.4 Å². The Bertz CT molecular complexity index is 944. The highest BCUT2D eigenvalue weighted by molar-refractivity contribution is 5.67. The van der Waals surface area contributed by atoms with Crippen LogP contribution in [0.4, 0.5) is 25.2 Å². The summed E-state index contributed by atoms with van der Waals surface area (Å²) in [6.07, 6.45) is 5.00. The summed E-state index contributed by atoms with van der Waals surface area (Å²) in [5, 5.41) is 9.15. The number of halogens is 2. The van der Waals surface area contributed by atoms with Crippen LogP contribution < -0.4 is 16.0 Å². The first-order valence-corrected chi connectivity index (χ1v) is 10.00. The van der Waals surface area contributed by atoms with Crippen molar-refractivity contribution >= 4 is 17.7 Å². The molecule has 2 unspecified atom stereocenters. The van der Waals surface area contributed by atoms with Gasteiger partial charge in [-0.3, -0.25) is 0 Å². The second-order valence-electron chi connectivity index (χ2n) is 7.77. The number of ether oxygens (including phenoxy) is 1. The largest absolute Gasteiger partial charge is 0.453 e. The summed E-state index contributed by atoms with van der Waals surface area (Å²) in [5.74, 6) is -0.261. The van der Waals surface area contributed by atoms with Crippen LogP contribution in [0.15, 0.2) is 18.5 Å². The van der Waals surface area contributed by atoms with Crippen LogP contribution in [0, 0.1) is 11.6 Å². The van der Waals surface area contributed by atoms with Gasteiger partial charge >= 0.3 is 6.09 Å². The van der Waals surface area contributed by atoms with Gasteiger partial charge in [0.15, 0.2) is 11.6 Å². The van der Waals surface area contributed by atoms with Gasteiger partial charge in [0, 0.05) is 23.7 Å². The molecule has 2 aromatic rings. The van der Waals surface area contributed by atoms with Gasteiger partial charge in [0.1, 0.15) is 17.5 Å². The van der Waals surface area contributed by atoms with E-state index in [0.717, 1.165) is 31.7 Å². The molecular formula is C20H24F2N6O2. The summed E-state index contributed by atoms with van der Waals surface area (Å²) in [6, 6.07) is 1.20. The molecule has 160 valence electrons. The number of anilines is 2. The number of amides is 1. The van der Waals surface area contributed by atoms with Gasteiger partial charge in [-0.1, -0.05) is 0 Å². The maximum Gasteiger partial charge on any atom is 0.407 e. The van der Waals surface area contributed by atoms with Crippen LogP contribution in [0.1, 0.15) is 49.9 Å². The Hall–Kier alpha value is -3.04. The van der Waals surface area contributed by atoms with E-state index in [1.165, 1.54) is 13.2 Å². The van der Waals surface area contributed by atoms with E-state index in [9.17, 15) is 13.6 Å². The zero-order valence-electron chi connectivity index (χ0n) is 16.8. The Morgan fingerprint density at radius 1 is 1.23 bits per heavy atom. The number of alkyl carbamates (subject to hydrolysis) is 1. The lowest BCUT2D eigenvalue weighted by molar-refractivity contribution is 0.162. The molecular weight excluding hydrogens is 394 g/mol. The minimum absolute atomic E-state index is 0.0481. The maximum absolute atomic E-state index is 14.5. The standard InChI is InChI=1S/C20H24F2N6O2/c1-10-16(14-6-11(21)8-23-17(14)25-10)19-24-9-15(22)18(28-19)26-12-4-3-5-13(7-12)27-20(29)30-2/h6,8-10,12-13,16H,3-5,7H2,1-2H3,(H,23,25)(H,27,29)(H,24,26,28)/t10?,12-,13+,16?/m1/s1. The van der Waals surface area contributed by atoms with Crippen LogP contribution in [0.3, 0.4) is 0 Å². The fourth-order valence-corrected chi connectivity index (χ4v) is 4.25. The molecule has 3 N–H and O–H groups in total. The molecule has 4 rings (SSSR count). The quantitative estimate of drug-likeness (QED) is 0.701. The Labute approximate surface area is 172 Å². The van der Waals surface area contributed by atoms with Gasteiger partial charge in [-0.2, -0.15) is 0 Å². The topological polar surface area (TPSA) is 101 Å². The van der Waals surface area contributed by atoms with E-state index in [0.29, 0.717) is 23.6 Å². The Morgan fingerprint density at radius 2 is 2.03 bits per heavy atom. The minimum Gasteiger partial charge on any atom is -0.453 e. The average molecular weight is 418 g/mol. The normalized spacial score (nSPS) is 25.2. The predicted octanol–water partition coefficient (Wildman–Crippen LogP) is 3.17. The monoisotopic (exact) mass is 418 g/mol. The number of carbonyl (C=O) groups is 1. The van der Waals surface area contributed by atoms with Crippen molar-refractivity contribution in [3.63, 3.8) is 0 Å².